The molecular weight excluding hydrogens is 251 g/mol. The molecule has 5 heteroatoms. The van der Waals surface area contributed by atoms with E-state index in [0.717, 1.165) is 18.4 Å². The minimum atomic E-state index is -1.17. The lowest BCUT2D eigenvalue weighted by Crippen LogP contribution is -1.92. The first kappa shape index (κ1) is 15.7. The third-order valence-corrected chi connectivity index (χ3v) is 2.21. The molecular formula is C11H16Cl2O3. The zero-order chi connectivity index (χ0) is 12.6. The van der Waals surface area contributed by atoms with Gasteiger partial charge < -0.3 is 15.3 Å². The van der Waals surface area contributed by atoms with Crippen LogP contribution in [0.1, 0.15) is 18.9 Å². The zero-order valence-electron chi connectivity index (χ0n) is 9.03. The highest BCUT2D eigenvalue weighted by Gasteiger charge is 1.99. The first-order chi connectivity index (χ1) is 7.47. The van der Waals surface area contributed by atoms with Gasteiger partial charge in [0.2, 0.25) is 0 Å². The second-order valence-corrected chi connectivity index (χ2v) is 4.04. The van der Waals surface area contributed by atoms with Crippen molar-refractivity contribution in [3.05, 3.63) is 33.8 Å². The van der Waals surface area contributed by atoms with Crippen LogP contribution in [0, 0.1) is 0 Å². The van der Waals surface area contributed by atoms with Crippen molar-refractivity contribution in [1.82, 2.24) is 0 Å². The van der Waals surface area contributed by atoms with Gasteiger partial charge in [0, 0.05) is 16.7 Å². The van der Waals surface area contributed by atoms with Crippen LogP contribution in [-0.4, -0.2) is 28.2 Å². The maximum Gasteiger partial charge on any atom is 0.148 e. The van der Waals surface area contributed by atoms with E-state index in [1.807, 2.05) is 6.07 Å². The molecule has 3 nitrogen and oxygen atoms in total. The normalized spacial score (nSPS) is 9.94. The van der Waals surface area contributed by atoms with Crippen molar-refractivity contribution in [3.63, 3.8) is 0 Å². The fourth-order valence-corrected chi connectivity index (χ4v) is 1.50. The monoisotopic (exact) mass is 266 g/mol. The lowest BCUT2D eigenvalue weighted by atomic mass is 10.1. The maximum absolute atomic E-state index is 8.60. The Labute approximate surface area is 105 Å². The van der Waals surface area contributed by atoms with E-state index in [2.05, 4.69) is 0 Å². The molecule has 3 N–H and O–H groups in total. The molecule has 16 heavy (non-hydrogen) atoms. The number of hydrogen-bond acceptors (Lipinski definition) is 3. The van der Waals surface area contributed by atoms with Gasteiger partial charge in [-0.1, -0.05) is 29.3 Å². The molecule has 0 amide bonds. The molecule has 0 aliphatic heterocycles. The van der Waals surface area contributed by atoms with Crippen LogP contribution in [0.2, 0.25) is 10.0 Å². The molecule has 0 bridgehead atoms. The number of aliphatic hydroxyl groups excluding tert-OH is 2. The Bertz CT molecular complexity index is 301. The van der Waals surface area contributed by atoms with Crippen molar-refractivity contribution in [3.8, 4) is 0 Å². The van der Waals surface area contributed by atoms with Gasteiger partial charge in [-0.25, -0.2) is 0 Å². The minimum absolute atomic E-state index is 0.193. The van der Waals surface area contributed by atoms with Gasteiger partial charge in [-0.15, -0.1) is 0 Å². The first-order valence-electron chi connectivity index (χ1n) is 4.88. The topological polar surface area (TPSA) is 60.7 Å². The summed E-state index contributed by atoms with van der Waals surface area (Å²) in [5.41, 5.74) is 1.04. The van der Waals surface area contributed by atoms with Gasteiger partial charge in [0.15, 0.2) is 0 Å². The molecule has 0 atom stereocenters. The predicted octanol–water partition coefficient (Wildman–Crippen LogP) is 2.24. The van der Waals surface area contributed by atoms with Crippen LogP contribution in [0.15, 0.2) is 18.2 Å². The van der Waals surface area contributed by atoms with Crippen molar-refractivity contribution in [2.45, 2.75) is 26.1 Å². The summed E-state index contributed by atoms with van der Waals surface area (Å²) >= 11 is 11.6. The van der Waals surface area contributed by atoms with Gasteiger partial charge >= 0.3 is 0 Å². The minimum Gasteiger partial charge on any atom is -0.396 e. The van der Waals surface area contributed by atoms with Gasteiger partial charge in [-0.3, -0.25) is 0 Å². The molecule has 1 aromatic carbocycles. The summed E-state index contributed by atoms with van der Waals surface area (Å²) in [7, 11) is 0. The van der Waals surface area contributed by atoms with Crippen LogP contribution in [0.3, 0.4) is 0 Å². The first-order valence-corrected chi connectivity index (χ1v) is 5.64. The average molecular weight is 267 g/mol. The summed E-state index contributed by atoms with van der Waals surface area (Å²) in [6.07, 6.45) is 0.369. The third-order valence-electron chi connectivity index (χ3n) is 1.62. The van der Waals surface area contributed by atoms with Gasteiger partial charge in [0.25, 0.3) is 0 Å². The number of benzene rings is 1. The zero-order valence-corrected chi connectivity index (χ0v) is 10.5. The van der Waals surface area contributed by atoms with Crippen molar-refractivity contribution < 1.29 is 15.3 Å². The molecule has 0 aromatic heterocycles. The third kappa shape index (κ3) is 7.91. The standard InChI is InChI=1S/C9H10Cl2O.C2H6O2/c10-8-4-3-7(2-1-5-12)9(11)6-8;1-2(3)4/h3-4,6,12H,1-2,5H2;2-4H,1H3. The quantitative estimate of drug-likeness (QED) is 0.736. The molecule has 0 aliphatic rings. The number of rotatable bonds is 3. The van der Waals surface area contributed by atoms with E-state index in [9.17, 15) is 0 Å². The molecule has 0 radical (unpaired) electrons. The summed E-state index contributed by atoms with van der Waals surface area (Å²) in [4.78, 5) is 0. The second-order valence-electron chi connectivity index (χ2n) is 3.19. The molecule has 1 aromatic rings. The van der Waals surface area contributed by atoms with Crippen molar-refractivity contribution in [2.75, 3.05) is 6.61 Å². The Morgan fingerprint density at radius 1 is 1.25 bits per heavy atom. The van der Waals surface area contributed by atoms with E-state index in [-0.39, 0.29) is 6.61 Å². The van der Waals surface area contributed by atoms with Crippen molar-refractivity contribution >= 4 is 23.2 Å². The number of aryl methyl sites for hydroxylation is 1. The number of hydrogen-bond donors (Lipinski definition) is 3. The summed E-state index contributed by atoms with van der Waals surface area (Å²) in [6, 6.07) is 5.41. The highest BCUT2D eigenvalue weighted by molar-refractivity contribution is 6.35. The molecule has 0 saturated heterocycles. The van der Waals surface area contributed by atoms with Gasteiger partial charge in [-0.05, 0) is 37.5 Å². The largest absolute Gasteiger partial charge is 0.396 e. The second kappa shape index (κ2) is 8.79. The predicted molar refractivity (Wildman–Crippen MR) is 65.8 cm³/mol. The van der Waals surface area contributed by atoms with E-state index in [0.29, 0.717) is 10.0 Å². The number of aliphatic hydroxyl groups is 3. The van der Waals surface area contributed by atoms with E-state index < -0.39 is 6.29 Å². The van der Waals surface area contributed by atoms with Crippen LogP contribution in [0.4, 0.5) is 0 Å². The van der Waals surface area contributed by atoms with Gasteiger partial charge in [0.1, 0.15) is 6.29 Å². The Hall–Kier alpha value is -0.320. The van der Waals surface area contributed by atoms with Gasteiger partial charge in [0.05, 0.1) is 0 Å². The SMILES string of the molecule is CC(O)O.OCCCc1ccc(Cl)cc1Cl. The van der Waals surface area contributed by atoms with E-state index in [1.54, 1.807) is 12.1 Å². The highest BCUT2D eigenvalue weighted by Crippen LogP contribution is 2.21. The smallest absolute Gasteiger partial charge is 0.148 e. The number of halogens is 2. The lowest BCUT2D eigenvalue weighted by molar-refractivity contribution is -0.0228. The van der Waals surface area contributed by atoms with E-state index in [1.165, 1.54) is 6.92 Å². The lowest BCUT2D eigenvalue weighted by Gasteiger charge is -2.02. The van der Waals surface area contributed by atoms with Crippen LogP contribution >= 0.6 is 23.2 Å². The molecule has 0 aliphatic carbocycles. The van der Waals surface area contributed by atoms with E-state index in [4.69, 9.17) is 38.5 Å². The molecule has 0 unspecified atom stereocenters. The van der Waals surface area contributed by atoms with Crippen molar-refractivity contribution in [2.24, 2.45) is 0 Å². The van der Waals surface area contributed by atoms with Crippen LogP contribution in [-0.2, 0) is 6.42 Å². The highest BCUT2D eigenvalue weighted by atomic mass is 35.5. The van der Waals surface area contributed by atoms with Crippen LogP contribution in [0.5, 0.6) is 0 Å². The summed E-state index contributed by atoms with van der Waals surface area (Å²) in [6.45, 7) is 1.47. The molecule has 0 saturated carbocycles. The molecule has 1 rings (SSSR count). The van der Waals surface area contributed by atoms with Gasteiger partial charge in [-0.2, -0.15) is 0 Å². The Balaban J connectivity index is 0.000000487. The van der Waals surface area contributed by atoms with Crippen molar-refractivity contribution in [1.29, 1.82) is 0 Å². The van der Waals surface area contributed by atoms with Crippen LogP contribution in [0.25, 0.3) is 0 Å². The molecule has 0 heterocycles. The summed E-state index contributed by atoms with van der Waals surface area (Å²) in [5.74, 6) is 0. The molecule has 0 fully saturated rings. The fourth-order valence-electron chi connectivity index (χ4n) is 0.994. The Morgan fingerprint density at radius 2 is 1.81 bits per heavy atom. The fraction of sp³-hybridized carbons (Fsp3) is 0.455. The maximum atomic E-state index is 8.60. The average Bonchev–Trinajstić information content (AvgIpc) is 2.15. The summed E-state index contributed by atoms with van der Waals surface area (Å²) in [5, 5.41) is 25.1. The Morgan fingerprint density at radius 3 is 2.25 bits per heavy atom. The van der Waals surface area contributed by atoms with Crippen LogP contribution < -0.4 is 0 Å². The summed E-state index contributed by atoms with van der Waals surface area (Å²) < 4.78 is 0. The molecule has 92 valence electrons. The Kier molecular flexibility index (Phi) is 8.61. The van der Waals surface area contributed by atoms with E-state index >= 15 is 0 Å². The molecule has 0 spiro atoms.